The first-order valence-corrected chi connectivity index (χ1v) is 6.85. The van der Waals surface area contributed by atoms with Crippen molar-refractivity contribution >= 4 is 11.8 Å². The molecule has 1 fully saturated rings. The fraction of sp³-hybridized carbons (Fsp3) is 1.00. The van der Waals surface area contributed by atoms with Crippen LogP contribution in [-0.4, -0.2) is 23.1 Å². The van der Waals surface area contributed by atoms with E-state index in [4.69, 9.17) is 0 Å². The van der Waals surface area contributed by atoms with Gasteiger partial charge in [-0.1, -0.05) is 34.1 Å². The van der Waals surface area contributed by atoms with Crippen molar-refractivity contribution in [3.8, 4) is 0 Å². The highest BCUT2D eigenvalue weighted by molar-refractivity contribution is 8.00. The maximum absolute atomic E-state index is 3.68. The van der Waals surface area contributed by atoms with Gasteiger partial charge in [-0.05, 0) is 18.8 Å². The van der Waals surface area contributed by atoms with Crippen LogP contribution in [0, 0.1) is 5.92 Å². The van der Waals surface area contributed by atoms with Crippen LogP contribution in [0.4, 0.5) is 0 Å². The SMILES string of the molecule is CC1CCCC1NCCSC(C)(C)C. The summed E-state index contributed by atoms with van der Waals surface area (Å²) < 4.78 is 0.420. The van der Waals surface area contributed by atoms with E-state index in [1.54, 1.807) is 0 Å². The molecule has 2 unspecified atom stereocenters. The maximum Gasteiger partial charge on any atom is 0.00930 e. The zero-order chi connectivity index (χ0) is 10.6. The van der Waals surface area contributed by atoms with Gasteiger partial charge in [-0.25, -0.2) is 0 Å². The third kappa shape index (κ3) is 4.70. The molecule has 0 aromatic heterocycles. The average Bonchev–Trinajstić information content (AvgIpc) is 2.44. The summed E-state index contributed by atoms with van der Waals surface area (Å²) in [6.45, 7) is 10.4. The Morgan fingerprint density at radius 3 is 2.50 bits per heavy atom. The summed E-state index contributed by atoms with van der Waals surface area (Å²) in [5.41, 5.74) is 0. The summed E-state index contributed by atoms with van der Waals surface area (Å²) in [6, 6.07) is 0.801. The van der Waals surface area contributed by atoms with E-state index in [-0.39, 0.29) is 0 Å². The number of nitrogens with one attached hydrogen (secondary N) is 1. The van der Waals surface area contributed by atoms with Crippen molar-refractivity contribution in [3.63, 3.8) is 0 Å². The van der Waals surface area contributed by atoms with E-state index >= 15 is 0 Å². The van der Waals surface area contributed by atoms with Gasteiger partial charge in [0.15, 0.2) is 0 Å². The summed E-state index contributed by atoms with van der Waals surface area (Å²) in [5, 5.41) is 3.68. The lowest BCUT2D eigenvalue weighted by atomic mass is 10.1. The molecule has 84 valence electrons. The zero-order valence-electron chi connectivity index (χ0n) is 10.1. The van der Waals surface area contributed by atoms with Crippen LogP contribution in [0.2, 0.25) is 0 Å². The topological polar surface area (TPSA) is 12.0 Å². The molecule has 1 aliphatic carbocycles. The Morgan fingerprint density at radius 1 is 1.29 bits per heavy atom. The summed E-state index contributed by atoms with van der Waals surface area (Å²) in [6.07, 6.45) is 4.23. The van der Waals surface area contributed by atoms with Gasteiger partial charge in [0, 0.05) is 23.1 Å². The first kappa shape index (κ1) is 12.4. The van der Waals surface area contributed by atoms with Gasteiger partial charge >= 0.3 is 0 Å². The van der Waals surface area contributed by atoms with Gasteiger partial charge in [0.1, 0.15) is 0 Å². The number of thioether (sulfide) groups is 1. The number of rotatable bonds is 4. The Hall–Kier alpha value is 0.310. The van der Waals surface area contributed by atoms with E-state index in [1.165, 1.54) is 31.6 Å². The molecule has 0 spiro atoms. The van der Waals surface area contributed by atoms with Crippen LogP contribution >= 0.6 is 11.8 Å². The van der Waals surface area contributed by atoms with Gasteiger partial charge in [0.2, 0.25) is 0 Å². The summed E-state index contributed by atoms with van der Waals surface area (Å²) in [7, 11) is 0. The van der Waals surface area contributed by atoms with Crippen LogP contribution in [0.3, 0.4) is 0 Å². The molecule has 1 aliphatic rings. The summed E-state index contributed by atoms with van der Waals surface area (Å²) in [4.78, 5) is 0. The highest BCUT2D eigenvalue weighted by atomic mass is 32.2. The molecule has 0 aromatic rings. The molecule has 0 saturated heterocycles. The van der Waals surface area contributed by atoms with E-state index in [1.807, 2.05) is 0 Å². The highest BCUT2D eigenvalue weighted by Gasteiger charge is 2.22. The predicted molar refractivity (Wildman–Crippen MR) is 67.0 cm³/mol. The summed E-state index contributed by atoms with van der Waals surface area (Å²) >= 11 is 2.06. The zero-order valence-corrected chi connectivity index (χ0v) is 10.9. The van der Waals surface area contributed by atoms with Crippen LogP contribution in [0.15, 0.2) is 0 Å². The standard InChI is InChI=1S/C12H25NS/c1-10-6-5-7-11(10)13-8-9-14-12(2,3)4/h10-11,13H,5-9H2,1-4H3. The second-order valence-electron chi connectivity index (χ2n) is 5.43. The van der Waals surface area contributed by atoms with Crippen LogP contribution in [0.1, 0.15) is 47.0 Å². The third-order valence-electron chi connectivity index (χ3n) is 2.91. The predicted octanol–water partition coefficient (Wildman–Crippen LogP) is 3.30. The lowest BCUT2D eigenvalue weighted by Crippen LogP contribution is -2.33. The van der Waals surface area contributed by atoms with Crippen LogP contribution in [0.25, 0.3) is 0 Å². The van der Waals surface area contributed by atoms with Crippen molar-refractivity contribution in [3.05, 3.63) is 0 Å². The van der Waals surface area contributed by atoms with E-state index < -0.39 is 0 Å². The molecule has 1 N–H and O–H groups in total. The van der Waals surface area contributed by atoms with E-state index in [9.17, 15) is 0 Å². The van der Waals surface area contributed by atoms with Gasteiger partial charge in [-0.2, -0.15) is 11.8 Å². The molecule has 14 heavy (non-hydrogen) atoms. The molecule has 0 amide bonds. The Kier molecular flexibility index (Phi) is 4.78. The number of hydrogen-bond acceptors (Lipinski definition) is 2. The second-order valence-corrected chi connectivity index (χ2v) is 7.35. The molecule has 2 atom stereocenters. The molecule has 0 bridgehead atoms. The molecular formula is C12H25NS. The molecular weight excluding hydrogens is 190 g/mol. The van der Waals surface area contributed by atoms with Gasteiger partial charge in [0.25, 0.3) is 0 Å². The fourth-order valence-corrected chi connectivity index (χ4v) is 2.88. The average molecular weight is 215 g/mol. The Morgan fingerprint density at radius 2 is 2.00 bits per heavy atom. The Bertz CT molecular complexity index is 162. The number of hydrogen-bond donors (Lipinski definition) is 1. The van der Waals surface area contributed by atoms with Crippen LogP contribution in [0.5, 0.6) is 0 Å². The fourth-order valence-electron chi connectivity index (χ4n) is 2.05. The molecule has 0 aromatic carbocycles. The molecule has 0 heterocycles. The van der Waals surface area contributed by atoms with Crippen LogP contribution < -0.4 is 5.32 Å². The van der Waals surface area contributed by atoms with E-state index in [0.717, 1.165) is 12.0 Å². The quantitative estimate of drug-likeness (QED) is 0.722. The Balaban J connectivity index is 2.04. The van der Waals surface area contributed by atoms with E-state index in [2.05, 4.69) is 44.8 Å². The molecule has 1 nitrogen and oxygen atoms in total. The Labute approximate surface area is 93.4 Å². The first-order valence-electron chi connectivity index (χ1n) is 5.86. The summed E-state index contributed by atoms with van der Waals surface area (Å²) in [5.74, 6) is 2.14. The smallest absolute Gasteiger partial charge is 0.00930 e. The van der Waals surface area contributed by atoms with Gasteiger partial charge in [-0.15, -0.1) is 0 Å². The van der Waals surface area contributed by atoms with Crippen molar-refractivity contribution < 1.29 is 0 Å². The van der Waals surface area contributed by atoms with E-state index in [0.29, 0.717) is 4.75 Å². The van der Waals surface area contributed by atoms with Gasteiger partial charge in [-0.3, -0.25) is 0 Å². The molecule has 0 aliphatic heterocycles. The second kappa shape index (κ2) is 5.41. The normalized spacial score (nSPS) is 28.3. The van der Waals surface area contributed by atoms with Crippen molar-refractivity contribution in [2.75, 3.05) is 12.3 Å². The molecule has 1 rings (SSSR count). The van der Waals surface area contributed by atoms with Crippen molar-refractivity contribution in [2.45, 2.75) is 57.7 Å². The molecule has 0 radical (unpaired) electrons. The highest BCUT2D eigenvalue weighted by Crippen LogP contribution is 2.25. The van der Waals surface area contributed by atoms with Crippen molar-refractivity contribution in [1.82, 2.24) is 5.32 Å². The van der Waals surface area contributed by atoms with Crippen LogP contribution in [-0.2, 0) is 0 Å². The monoisotopic (exact) mass is 215 g/mol. The molecule has 1 saturated carbocycles. The van der Waals surface area contributed by atoms with Gasteiger partial charge < -0.3 is 5.32 Å². The lowest BCUT2D eigenvalue weighted by molar-refractivity contribution is 0.438. The first-order chi connectivity index (χ1) is 6.49. The van der Waals surface area contributed by atoms with Crippen molar-refractivity contribution in [1.29, 1.82) is 0 Å². The minimum Gasteiger partial charge on any atom is -0.313 e. The molecule has 2 heteroatoms. The third-order valence-corrected chi connectivity index (χ3v) is 4.18. The largest absolute Gasteiger partial charge is 0.313 e. The van der Waals surface area contributed by atoms with Gasteiger partial charge in [0.05, 0.1) is 0 Å². The lowest BCUT2D eigenvalue weighted by Gasteiger charge is -2.20. The van der Waals surface area contributed by atoms with Crippen molar-refractivity contribution in [2.24, 2.45) is 5.92 Å². The minimum absolute atomic E-state index is 0.420. The maximum atomic E-state index is 3.68. The minimum atomic E-state index is 0.420.